The highest BCUT2D eigenvalue weighted by Gasteiger charge is 2.16. The summed E-state index contributed by atoms with van der Waals surface area (Å²) in [4.78, 5) is 0. The molecule has 4 N–H and O–H groups in total. The van der Waals surface area contributed by atoms with Crippen LogP contribution in [0.3, 0.4) is 0 Å². The molecule has 1 atom stereocenters. The van der Waals surface area contributed by atoms with Gasteiger partial charge in [0.2, 0.25) is 0 Å². The van der Waals surface area contributed by atoms with Crippen LogP contribution in [0.4, 0.5) is 5.69 Å². The third-order valence-electron chi connectivity index (χ3n) is 2.98. The third-order valence-corrected chi connectivity index (χ3v) is 2.98. The first-order chi connectivity index (χ1) is 7.66. The summed E-state index contributed by atoms with van der Waals surface area (Å²) in [5.41, 5.74) is 2.50. The molecule has 0 bridgehead atoms. The van der Waals surface area contributed by atoms with Crippen LogP contribution in [-0.2, 0) is 0 Å². The summed E-state index contributed by atoms with van der Waals surface area (Å²) in [6.45, 7) is 3.93. The van der Waals surface area contributed by atoms with Gasteiger partial charge in [0.25, 0.3) is 0 Å². The van der Waals surface area contributed by atoms with E-state index in [1.54, 1.807) is 6.07 Å². The van der Waals surface area contributed by atoms with Crippen LogP contribution in [0.25, 0.3) is 0 Å². The molecule has 0 amide bonds. The van der Waals surface area contributed by atoms with Crippen LogP contribution >= 0.6 is 0 Å². The zero-order valence-electron chi connectivity index (χ0n) is 9.40. The molecule has 0 spiro atoms. The molecule has 4 nitrogen and oxygen atoms in total. The van der Waals surface area contributed by atoms with E-state index in [9.17, 15) is 0 Å². The molecule has 1 saturated heterocycles. The zero-order chi connectivity index (χ0) is 11.5. The molecule has 16 heavy (non-hydrogen) atoms. The van der Waals surface area contributed by atoms with Crippen molar-refractivity contribution in [1.29, 1.82) is 0 Å². The van der Waals surface area contributed by atoms with E-state index in [0.717, 1.165) is 30.8 Å². The molecule has 5 heteroatoms. The van der Waals surface area contributed by atoms with E-state index in [0.29, 0.717) is 11.5 Å². The summed E-state index contributed by atoms with van der Waals surface area (Å²) < 4.78 is 0. The predicted octanol–water partition coefficient (Wildman–Crippen LogP) is -0.551. The Labute approximate surface area is 95.8 Å². The largest absolute Gasteiger partial charge is 0.488 e. The van der Waals surface area contributed by atoms with Gasteiger partial charge in [-0.05, 0) is 43.0 Å². The van der Waals surface area contributed by atoms with Gasteiger partial charge in [-0.2, -0.15) is 0 Å². The maximum atomic E-state index is 9.10. The van der Waals surface area contributed by atoms with Crippen LogP contribution in [0.2, 0.25) is 0 Å². The van der Waals surface area contributed by atoms with Crippen molar-refractivity contribution in [1.82, 2.24) is 5.32 Å². The van der Waals surface area contributed by atoms with Gasteiger partial charge in [-0.1, -0.05) is 6.07 Å². The first-order valence-corrected chi connectivity index (χ1v) is 5.61. The van der Waals surface area contributed by atoms with E-state index in [-0.39, 0.29) is 0 Å². The molecular weight excluding hydrogens is 203 g/mol. The lowest BCUT2D eigenvalue weighted by Gasteiger charge is -2.14. The summed E-state index contributed by atoms with van der Waals surface area (Å²) in [6.07, 6.45) is 1.13. The van der Waals surface area contributed by atoms with Crippen LogP contribution in [0.15, 0.2) is 18.2 Å². The molecule has 1 aliphatic rings. The van der Waals surface area contributed by atoms with Gasteiger partial charge in [0, 0.05) is 18.3 Å². The minimum atomic E-state index is -1.39. The van der Waals surface area contributed by atoms with Gasteiger partial charge in [0.05, 0.1) is 0 Å². The summed E-state index contributed by atoms with van der Waals surface area (Å²) in [5.74, 6) is 0. The average Bonchev–Trinajstić information content (AvgIpc) is 2.70. The maximum absolute atomic E-state index is 9.10. The highest BCUT2D eigenvalue weighted by Crippen LogP contribution is 2.12. The third kappa shape index (κ3) is 2.55. The van der Waals surface area contributed by atoms with Gasteiger partial charge >= 0.3 is 7.12 Å². The maximum Gasteiger partial charge on any atom is 0.488 e. The summed E-state index contributed by atoms with van der Waals surface area (Å²) in [5, 5.41) is 24.9. The Morgan fingerprint density at radius 3 is 2.81 bits per heavy atom. The van der Waals surface area contributed by atoms with Crippen LogP contribution < -0.4 is 16.1 Å². The second-order valence-electron chi connectivity index (χ2n) is 4.28. The molecule has 0 saturated carbocycles. The number of anilines is 1. The van der Waals surface area contributed by atoms with Crippen molar-refractivity contribution >= 4 is 18.3 Å². The SMILES string of the molecule is Cc1cc(NC2CCNC2)ccc1B(O)O. The molecule has 1 aliphatic heterocycles. The Morgan fingerprint density at radius 2 is 2.25 bits per heavy atom. The zero-order valence-corrected chi connectivity index (χ0v) is 9.40. The van der Waals surface area contributed by atoms with Crippen molar-refractivity contribution in [2.45, 2.75) is 19.4 Å². The number of nitrogens with one attached hydrogen (secondary N) is 2. The lowest BCUT2D eigenvalue weighted by molar-refractivity contribution is 0.425. The molecule has 1 aromatic rings. The standard InChI is InChI=1S/C11H17BN2O2/c1-8-6-9(2-3-11(8)12(15)16)14-10-4-5-13-7-10/h2-3,6,10,13-16H,4-5,7H2,1H3. The first kappa shape index (κ1) is 11.5. The molecule has 0 aromatic heterocycles. The van der Waals surface area contributed by atoms with Crippen molar-refractivity contribution in [3.8, 4) is 0 Å². The van der Waals surface area contributed by atoms with E-state index in [1.165, 1.54) is 0 Å². The lowest BCUT2D eigenvalue weighted by Crippen LogP contribution is -2.32. The van der Waals surface area contributed by atoms with E-state index < -0.39 is 7.12 Å². The van der Waals surface area contributed by atoms with E-state index >= 15 is 0 Å². The number of hydrogen-bond donors (Lipinski definition) is 4. The van der Waals surface area contributed by atoms with E-state index in [2.05, 4.69) is 10.6 Å². The second kappa shape index (κ2) is 4.87. The van der Waals surface area contributed by atoms with Gasteiger partial charge in [-0.15, -0.1) is 0 Å². The van der Waals surface area contributed by atoms with Crippen LogP contribution in [-0.4, -0.2) is 36.3 Å². The highest BCUT2D eigenvalue weighted by molar-refractivity contribution is 6.59. The Bertz CT molecular complexity index is 365. The Hall–Kier alpha value is -1.04. The fourth-order valence-corrected chi connectivity index (χ4v) is 2.07. The predicted molar refractivity (Wildman–Crippen MR) is 65.9 cm³/mol. The van der Waals surface area contributed by atoms with Gasteiger partial charge < -0.3 is 20.7 Å². The number of benzene rings is 1. The molecule has 1 fully saturated rings. The Balaban J connectivity index is 2.08. The minimum Gasteiger partial charge on any atom is -0.423 e. The van der Waals surface area contributed by atoms with Gasteiger partial charge in [-0.3, -0.25) is 0 Å². The minimum absolute atomic E-state index is 0.476. The molecule has 0 radical (unpaired) electrons. The second-order valence-corrected chi connectivity index (χ2v) is 4.28. The van der Waals surface area contributed by atoms with E-state index in [4.69, 9.17) is 10.0 Å². The quantitative estimate of drug-likeness (QED) is 0.516. The molecule has 1 heterocycles. The lowest BCUT2D eigenvalue weighted by atomic mass is 9.77. The van der Waals surface area contributed by atoms with Crippen molar-refractivity contribution in [2.75, 3.05) is 18.4 Å². The topological polar surface area (TPSA) is 64.5 Å². The fraction of sp³-hybridized carbons (Fsp3) is 0.455. The van der Waals surface area contributed by atoms with Crippen molar-refractivity contribution in [3.63, 3.8) is 0 Å². The monoisotopic (exact) mass is 220 g/mol. The summed E-state index contributed by atoms with van der Waals surface area (Å²) >= 11 is 0. The molecule has 86 valence electrons. The number of rotatable bonds is 3. The molecule has 2 rings (SSSR count). The molecule has 0 aliphatic carbocycles. The smallest absolute Gasteiger partial charge is 0.423 e. The molecule has 1 aromatic carbocycles. The normalized spacial score (nSPS) is 19.8. The van der Waals surface area contributed by atoms with Crippen molar-refractivity contribution < 1.29 is 10.0 Å². The highest BCUT2D eigenvalue weighted by atomic mass is 16.4. The first-order valence-electron chi connectivity index (χ1n) is 5.61. The van der Waals surface area contributed by atoms with Gasteiger partial charge in [0.15, 0.2) is 0 Å². The van der Waals surface area contributed by atoms with Gasteiger partial charge in [0.1, 0.15) is 0 Å². The van der Waals surface area contributed by atoms with E-state index in [1.807, 2.05) is 19.1 Å². The van der Waals surface area contributed by atoms with Crippen LogP contribution in [0.1, 0.15) is 12.0 Å². The van der Waals surface area contributed by atoms with Crippen LogP contribution in [0.5, 0.6) is 0 Å². The number of aryl methyl sites for hydroxylation is 1. The van der Waals surface area contributed by atoms with Gasteiger partial charge in [-0.25, -0.2) is 0 Å². The van der Waals surface area contributed by atoms with Crippen LogP contribution in [0, 0.1) is 6.92 Å². The van der Waals surface area contributed by atoms with Crippen molar-refractivity contribution in [3.05, 3.63) is 23.8 Å². The Kier molecular flexibility index (Phi) is 3.48. The summed E-state index contributed by atoms with van der Waals surface area (Å²) in [7, 11) is -1.39. The fourth-order valence-electron chi connectivity index (χ4n) is 2.07. The Morgan fingerprint density at radius 1 is 1.44 bits per heavy atom. The summed E-state index contributed by atoms with van der Waals surface area (Å²) in [6, 6.07) is 6.07. The van der Waals surface area contributed by atoms with Crippen molar-refractivity contribution in [2.24, 2.45) is 0 Å². The average molecular weight is 220 g/mol. The number of hydrogen-bond acceptors (Lipinski definition) is 4. The molecule has 1 unspecified atom stereocenters. The molecular formula is C11H17BN2O2.